The summed E-state index contributed by atoms with van der Waals surface area (Å²) in [6.07, 6.45) is 7.02. The van der Waals surface area contributed by atoms with Crippen molar-refractivity contribution in [2.45, 2.75) is 6.92 Å². The largest absolute Gasteiger partial charge is 0.368 e. The molecule has 138 valence electrons. The number of carbonyl (C=O) groups is 1. The van der Waals surface area contributed by atoms with Gasteiger partial charge in [0.1, 0.15) is 17.5 Å². The fourth-order valence-electron chi connectivity index (χ4n) is 2.47. The van der Waals surface area contributed by atoms with Crippen LogP contribution in [0.25, 0.3) is 11.9 Å². The van der Waals surface area contributed by atoms with Crippen molar-refractivity contribution in [3.63, 3.8) is 0 Å². The summed E-state index contributed by atoms with van der Waals surface area (Å²) >= 11 is 6.06. The fraction of sp³-hybridized carbons (Fsp3) is 0.150. The molecular weight excluding hydrogens is 362 g/mol. The molecule has 6 nitrogen and oxygen atoms in total. The highest BCUT2D eigenvalue weighted by atomic mass is 35.5. The number of halogens is 1. The van der Waals surface area contributed by atoms with Gasteiger partial charge in [0.05, 0.1) is 0 Å². The lowest BCUT2D eigenvalue weighted by Crippen LogP contribution is -2.27. The van der Waals surface area contributed by atoms with Gasteiger partial charge in [-0.1, -0.05) is 29.8 Å². The molecule has 0 fully saturated rings. The number of anilines is 1. The molecule has 3 aromatic rings. The van der Waals surface area contributed by atoms with Gasteiger partial charge in [0.25, 0.3) is 0 Å². The Balaban J connectivity index is 1.49. The van der Waals surface area contributed by atoms with Crippen molar-refractivity contribution in [1.82, 2.24) is 19.9 Å². The molecule has 0 saturated heterocycles. The van der Waals surface area contributed by atoms with Crippen LogP contribution in [0.15, 0.2) is 60.9 Å². The first-order valence-corrected chi connectivity index (χ1v) is 8.93. The van der Waals surface area contributed by atoms with E-state index in [1.54, 1.807) is 12.1 Å². The van der Waals surface area contributed by atoms with Gasteiger partial charge in [-0.2, -0.15) is 0 Å². The summed E-state index contributed by atoms with van der Waals surface area (Å²) < 4.78 is 1.92. The summed E-state index contributed by atoms with van der Waals surface area (Å²) in [6, 6.07) is 13.1. The van der Waals surface area contributed by atoms with Gasteiger partial charge < -0.3 is 15.2 Å². The van der Waals surface area contributed by atoms with E-state index >= 15 is 0 Å². The molecule has 27 heavy (non-hydrogen) atoms. The fourth-order valence-corrected chi connectivity index (χ4v) is 2.67. The van der Waals surface area contributed by atoms with E-state index < -0.39 is 0 Å². The molecule has 1 amide bonds. The first-order valence-electron chi connectivity index (χ1n) is 8.55. The molecule has 7 heteroatoms. The highest BCUT2D eigenvalue weighted by molar-refractivity contribution is 6.32. The molecule has 1 aromatic carbocycles. The lowest BCUT2D eigenvalue weighted by atomic mass is 10.2. The third kappa shape index (κ3) is 5.43. The number of nitrogens with one attached hydrogen (secondary N) is 2. The SMILES string of the molecule is Cc1nc(NCCNC(=O)/C=C/c2ccccc2Cl)cc(-n2cccc2)n1. The van der Waals surface area contributed by atoms with Gasteiger partial charge in [-0.05, 0) is 36.8 Å². The van der Waals surface area contributed by atoms with Crippen LogP contribution in [-0.2, 0) is 4.79 Å². The minimum absolute atomic E-state index is 0.177. The second kappa shape index (κ2) is 9.00. The minimum atomic E-state index is -0.177. The van der Waals surface area contributed by atoms with Crippen molar-refractivity contribution in [1.29, 1.82) is 0 Å². The smallest absolute Gasteiger partial charge is 0.244 e. The van der Waals surface area contributed by atoms with Gasteiger partial charge in [-0.3, -0.25) is 4.79 Å². The van der Waals surface area contributed by atoms with E-state index in [0.29, 0.717) is 29.8 Å². The summed E-state index contributed by atoms with van der Waals surface area (Å²) in [6.45, 7) is 2.86. The Hall–Kier alpha value is -3.12. The molecule has 0 unspecified atom stereocenters. The lowest BCUT2D eigenvalue weighted by Gasteiger charge is -2.09. The van der Waals surface area contributed by atoms with Crippen LogP contribution in [0.1, 0.15) is 11.4 Å². The molecule has 0 aliphatic carbocycles. The number of aromatic nitrogens is 3. The number of carbonyl (C=O) groups excluding carboxylic acids is 1. The van der Waals surface area contributed by atoms with Gasteiger partial charge >= 0.3 is 0 Å². The summed E-state index contributed by atoms with van der Waals surface area (Å²) in [5.41, 5.74) is 0.807. The highest BCUT2D eigenvalue weighted by Crippen LogP contribution is 2.16. The predicted octanol–water partition coefficient (Wildman–Crippen LogP) is 3.47. The van der Waals surface area contributed by atoms with Crippen LogP contribution in [0.4, 0.5) is 5.82 Å². The van der Waals surface area contributed by atoms with E-state index in [4.69, 9.17) is 11.6 Å². The quantitative estimate of drug-likeness (QED) is 0.485. The summed E-state index contributed by atoms with van der Waals surface area (Å²) in [7, 11) is 0. The standard InChI is InChI=1S/C20H20ClN5O/c1-15-24-18(14-19(25-15)26-12-4-5-13-26)22-10-11-23-20(27)9-8-16-6-2-3-7-17(16)21/h2-9,12-14H,10-11H2,1H3,(H,23,27)(H,22,24,25)/b9-8+. The molecule has 0 atom stereocenters. The third-order valence-electron chi connectivity index (χ3n) is 3.74. The van der Waals surface area contributed by atoms with Gasteiger partial charge in [-0.25, -0.2) is 9.97 Å². The van der Waals surface area contributed by atoms with Gasteiger partial charge in [0.2, 0.25) is 5.91 Å². The maximum absolute atomic E-state index is 11.9. The average Bonchev–Trinajstić information content (AvgIpc) is 3.19. The zero-order valence-electron chi connectivity index (χ0n) is 14.9. The van der Waals surface area contributed by atoms with Crippen LogP contribution < -0.4 is 10.6 Å². The van der Waals surface area contributed by atoms with Crippen molar-refractivity contribution in [3.05, 3.63) is 77.3 Å². The van der Waals surface area contributed by atoms with E-state index in [9.17, 15) is 4.79 Å². The molecule has 0 bridgehead atoms. The molecule has 0 aliphatic heterocycles. The van der Waals surface area contributed by atoms with E-state index in [-0.39, 0.29) is 5.91 Å². The van der Waals surface area contributed by atoms with Gasteiger partial charge in [0, 0.05) is 42.6 Å². The van der Waals surface area contributed by atoms with Crippen molar-refractivity contribution in [2.75, 3.05) is 18.4 Å². The van der Waals surface area contributed by atoms with E-state index in [2.05, 4.69) is 20.6 Å². The van der Waals surface area contributed by atoms with Crippen LogP contribution >= 0.6 is 11.6 Å². The van der Waals surface area contributed by atoms with Crippen molar-refractivity contribution >= 4 is 29.4 Å². The number of amides is 1. The first-order chi connectivity index (χ1) is 13.1. The molecule has 0 radical (unpaired) electrons. The summed E-state index contributed by atoms with van der Waals surface area (Å²) in [5, 5.41) is 6.63. The monoisotopic (exact) mass is 381 g/mol. The Kier molecular flexibility index (Phi) is 6.22. The normalized spacial score (nSPS) is 10.9. The molecule has 0 saturated carbocycles. The van der Waals surface area contributed by atoms with Crippen LogP contribution in [0.5, 0.6) is 0 Å². The second-order valence-electron chi connectivity index (χ2n) is 5.82. The number of nitrogens with zero attached hydrogens (tertiary/aromatic N) is 3. The predicted molar refractivity (Wildman–Crippen MR) is 108 cm³/mol. The van der Waals surface area contributed by atoms with E-state index in [1.165, 1.54) is 6.08 Å². The number of rotatable bonds is 7. The number of benzene rings is 1. The second-order valence-corrected chi connectivity index (χ2v) is 6.23. The maximum Gasteiger partial charge on any atom is 0.244 e. The Bertz CT molecular complexity index is 937. The average molecular weight is 382 g/mol. The summed E-state index contributed by atoms with van der Waals surface area (Å²) in [4.78, 5) is 20.7. The number of aryl methyl sites for hydroxylation is 1. The Morgan fingerprint density at radius 2 is 1.93 bits per heavy atom. The Morgan fingerprint density at radius 3 is 2.70 bits per heavy atom. The topological polar surface area (TPSA) is 71.8 Å². The van der Waals surface area contributed by atoms with Gasteiger partial charge in [-0.15, -0.1) is 0 Å². The molecule has 0 spiro atoms. The van der Waals surface area contributed by atoms with Crippen LogP contribution in [0.2, 0.25) is 5.02 Å². The molecule has 2 N–H and O–H groups in total. The van der Waals surface area contributed by atoms with Crippen molar-refractivity contribution in [3.8, 4) is 5.82 Å². The lowest BCUT2D eigenvalue weighted by molar-refractivity contribution is -0.116. The first kappa shape index (κ1) is 18.7. The van der Waals surface area contributed by atoms with E-state index in [0.717, 1.165) is 11.4 Å². The molecule has 3 rings (SSSR count). The maximum atomic E-state index is 11.9. The number of hydrogen-bond donors (Lipinski definition) is 2. The van der Waals surface area contributed by atoms with E-state index in [1.807, 2.05) is 60.3 Å². The zero-order valence-corrected chi connectivity index (χ0v) is 15.6. The summed E-state index contributed by atoms with van der Waals surface area (Å²) in [5.74, 6) is 2.01. The van der Waals surface area contributed by atoms with Gasteiger partial charge in [0.15, 0.2) is 0 Å². The van der Waals surface area contributed by atoms with Crippen LogP contribution in [0, 0.1) is 6.92 Å². The van der Waals surface area contributed by atoms with Crippen LogP contribution in [-0.4, -0.2) is 33.5 Å². The molecular formula is C20H20ClN5O. The number of hydrogen-bond acceptors (Lipinski definition) is 4. The molecule has 2 heterocycles. The Labute approximate surface area is 162 Å². The zero-order chi connectivity index (χ0) is 19.1. The highest BCUT2D eigenvalue weighted by Gasteiger charge is 2.03. The van der Waals surface area contributed by atoms with Crippen molar-refractivity contribution < 1.29 is 4.79 Å². The molecule has 0 aliphatic rings. The van der Waals surface area contributed by atoms with Crippen molar-refractivity contribution in [2.24, 2.45) is 0 Å². The molecule has 2 aromatic heterocycles. The van der Waals surface area contributed by atoms with Crippen LogP contribution in [0.3, 0.4) is 0 Å². The third-order valence-corrected chi connectivity index (χ3v) is 4.09. The Morgan fingerprint density at radius 1 is 1.15 bits per heavy atom. The minimum Gasteiger partial charge on any atom is -0.368 e.